The van der Waals surface area contributed by atoms with Gasteiger partial charge in [0, 0.05) is 21.5 Å². The van der Waals surface area contributed by atoms with Crippen molar-refractivity contribution in [2.24, 2.45) is 5.92 Å². The van der Waals surface area contributed by atoms with Gasteiger partial charge < -0.3 is 0 Å². The fraction of sp³-hybridized carbons (Fsp3) is 0.190. The standard InChI is InChI=1S/C21H16Cl4O3S/c1-12-18(24)9-14(10-19(12)25)7-13-5-6-15(8-13)20(26)11-29(27,28)21-16(22)3-2-4-17(21)23/h2-6,8-10,13H,7,11H2,1H3. The topological polar surface area (TPSA) is 51.2 Å². The summed E-state index contributed by atoms with van der Waals surface area (Å²) < 4.78 is 25.3. The molecule has 0 aliphatic heterocycles. The number of carbonyl (C=O) groups excluding carboxylic acids is 1. The van der Waals surface area contributed by atoms with Crippen LogP contribution in [0, 0.1) is 12.8 Å². The third-order valence-electron chi connectivity index (χ3n) is 4.60. The summed E-state index contributed by atoms with van der Waals surface area (Å²) in [6.07, 6.45) is 5.82. The summed E-state index contributed by atoms with van der Waals surface area (Å²) in [5.41, 5.74) is 2.08. The monoisotopic (exact) mass is 488 g/mol. The molecule has 0 amide bonds. The van der Waals surface area contributed by atoms with Gasteiger partial charge in [0.15, 0.2) is 15.6 Å². The number of rotatable bonds is 6. The van der Waals surface area contributed by atoms with E-state index in [1.165, 1.54) is 12.1 Å². The first-order chi connectivity index (χ1) is 13.6. The van der Waals surface area contributed by atoms with Gasteiger partial charge in [-0.25, -0.2) is 8.42 Å². The van der Waals surface area contributed by atoms with Crippen molar-refractivity contribution >= 4 is 62.0 Å². The van der Waals surface area contributed by atoms with Crippen LogP contribution < -0.4 is 0 Å². The first-order valence-electron chi connectivity index (χ1n) is 8.63. The molecule has 0 spiro atoms. The van der Waals surface area contributed by atoms with Crippen LogP contribution in [0.15, 0.2) is 59.0 Å². The van der Waals surface area contributed by atoms with Crippen molar-refractivity contribution < 1.29 is 13.2 Å². The molecule has 0 heterocycles. The van der Waals surface area contributed by atoms with Crippen LogP contribution in [0.5, 0.6) is 0 Å². The molecular formula is C21H16Cl4O3S. The zero-order valence-electron chi connectivity index (χ0n) is 15.3. The van der Waals surface area contributed by atoms with Gasteiger partial charge in [-0.05, 0) is 48.7 Å². The first-order valence-corrected chi connectivity index (χ1v) is 11.8. The van der Waals surface area contributed by atoms with E-state index in [2.05, 4.69) is 0 Å². The van der Waals surface area contributed by atoms with Crippen LogP contribution >= 0.6 is 46.4 Å². The highest BCUT2D eigenvalue weighted by molar-refractivity contribution is 7.92. The molecule has 8 heteroatoms. The minimum Gasteiger partial charge on any atom is -0.293 e. The molecule has 0 N–H and O–H groups in total. The van der Waals surface area contributed by atoms with Gasteiger partial charge in [-0.2, -0.15) is 0 Å². The van der Waals surface area contributed by atoms with E-state index in [-0.39, 0.29) is 20.9 Å². The number of allylic oxidation sites excluding steroid dienone is 4. The third-order valence-corrected chi connectivity index (χ3v) is 7.95. The molecule has 0 saturated heterocycles. The number of carbonyl (C=O) groups is 1. The number of hydrogen-bond donors (Lipinski definition) is 0. The van der Waals surface area contributed by atoms with E-state index in [9.17, 15) is 13.2 Å². The van der Waals surface area contributed by atoms with Crippen molar-refractivity contribution in [1.29, 1.82) is 0 Å². The number of benzene rings is 2. The summed E-state index contributed by atoms with van der Waals surface area (Å²) in [7, 11) is -3.97. The highest BCUT2D eigenvalue weighted by atomic mass is 35.5. The summed E-state index contributed by atoms with van der Waals surface area (Å²) in [4.78, 5) is 12.4. The Hall–Kier alpha value is -1.30. The van der Waals surface area contributed by atoms with Gasteiger partial charge in [0.1, 0.15) is 10.6 Å². The molecule has 0 bridgehead atoms. The van der Waals surface area contributed by atoms with E-state index in [1.807, 2.05) is 25.1 Å². The van der Waals surface area contributed by atoms with Crippen LogP contribution in [0.4, 0.5) is 0 Å². The fourth-order valence-electron chi connectivity index (χ4n) is 3.08. The lowest BCUT2D eigenvalue weighted by molar-refractivity contribution is -0.113. The van der Waals surface area contributed by atoms with E-state index in [0.717, 1.165) is 11.1 Å². The average Bonchev–Trinajstić information content (AvgIpc) is 3.07. The van der Waals surface area contributed by atoms with Crippen molar-refractivity contribution in [3.63, 3.8) is 0 Å². The lowest BCUT2D eigenvalue weighted by atomic mass is 9.99. The second-order valence-corrected chi connectivity index (χ2v) is 10.3. The second-order valence-electron chi connectivity index (χ2n) is 6.77. The van der Waals surface area contributed by atoms with Crippen LogP contribution in [-0.2, 0) is 21.1 Å². The largest absolute Gasteiger partial charge is 0.293 e. The number of ketones is 1. The van der Waals surface area contributed by atoms with Crippen LogP contribution in [0.25, 0.3) is 0 Å². The molecule has 1 aliphatic carbocycles. The van der Waals surface area contributed by atoms with E-state index >= 15 is 0 Å². The van der Waals surface area contributed by atoms with E-state index < -0.39 is 21.4 Å². The van der Waals surface area contributed by atoms with E-state index in [1.54, 1.807) is 18.2 Å². The quantitative estimate of drug-likeness (QED) is 0.477. The summed E-state index contributed by atoms with van der Waals surface area (Å²) in [6.45, 7) is 1.84. The maximum atomic E-state index is 12.7. The maximum Gasteiger partial charge on any atom is 0.188 e. The molecule has 1 unspecified atom stereocenters. The van der Waals surface area contributed by atoms with Crippen molar-refractivity contribution in [3.8, 4) is 0 Å². The number of Topliss-reactive ketones (excluding diaryl/α,β-unsaturated/α-hetero) is 1. The number of hydrogen-bond acceptors (Lipinski definition) is 3. The third kappa shape index (κ3) is 5.07. The van der Waals surface area contributed by atoms with Crippen LogP contribution in [0.3, 0.4) is 0 Å². The Bertz CT molecular complexity index is 1110. The van der Waals surface area contributed by atoms with Crippen molar-refractivity contribution in [3.05, 3.63) is 85.4 Å². The molecule has 1 aliphatic rings. The summed E-state index contributed by atoms with van der Waals surface area (Å²) in [6, 6.07) is 8.07. The molecular weight excluding hydrogens is 474 g/mol. The number of halogens is 4. The summed E-state index contributed by atoms with van der Waals surface area (Å²) in [5, 5.41) is 1.15. The first kappa shape index (κ1) is 22.4. The molecule has 29 heavy (non-hydrogen) atoms. The van der Waals surface area contributed by atoms with Crippen LogP contribution in [0.2, 0.25) is 20.1 Å². The van der Waals surface area contributed by atoms with Gasteiger partial charge in [-0.15, -0.1) is 0 Å². The summed E-state index contributed by atoms with van der Waals surface area (Å²) >= 11 is 24.3. The van der Waals surface area contributed by atoms with Gasteiger partial charge >= 0.3 is 0 Å². The zero-order valence-corrected chi connectivity index (χ0v) is 19.1. The lowest BCUT2D eigenvalue weighted by Gasteiger charge is -2.09. The van der Waals surface area contributed by atoms with Gasteiger partial charge in [0.2, 0.25) is 0 Å². The number of sulfone groups is 1. The Balaban J connectivity index is 1.75. The van der Waals surface area contributed by atoms with E-state index in [4.69, 9.17) is 46.4 Å². The second kappa shape index (κ2) is 8.83. The average molecular weight is 490 g/mol. The van der Waals surface area contributed by atoms with Crippen molar-refractivity contribution in [2.75, 3.05) is 5.75 Å². The van der Waals surface area contributed by atoms with Crippen LogP contribution in [0.1, 0.15) is 11.1 Å². The molecule has 0 aromatic heterocycles. The maximum absolute atomic E-state index is 12.7. The SMILES string of the molecule is Cc1c(Cl)cc(CC2C=CC(C(=O)CS(=O)(=O)c3c(Cl)cccc3Cl)=C2)cc1Cl. The Morgan fingerprint density at radius 3 is 2.17 bits per heavy atom. The smallest absolute Gasteiger partial charge is 0.188 e. The molecule has 0 radical (unpaired) electrons. The minimum atomic E-state index is -3.97. The Kier molecular flexibility index (Phi) is 6.81. The molecule has 2 aromatic rings. The van der Waals surface area contributed by atoms with E-state index in [0.29, 0.717) is 22.0 Å². The summed E-state index contributed by atoms with van der Waals surface area (Å²) in [5.74, 6) is -1.28. The van der Waals surface area contributed by atoms with Gasteiger partial charge in [0.25, 0.3) is 0 Å². The minimum absolute atomic E-state index is 0.00718. The highest BCUT2D eigenvalue weighted by Gasteiger charge is 2.27. The fourth-order valence-corrected chi connectivity index (χ4v) is 6.10. The highest BCUT2D eigenvalue weighted by Crippen LogP contribution is 2.31. The molecule has 152 valence electrons. The van der Waals surface area contributed by atoms with Gasteiger partial charge in [0.05, 0.1) is 10.0 Å². The molecule has 0 saturated carbocycles. The van der Waals surface area contributed by atoms with Crippen molar-refractivity contribution in [1.82, 2.24) is 0 Å². The molecule has 3 rings (SSSR count). The zero-order chi connectivity index (χ0) is 21.3. The molecule has 3 nitrogen and oxygen atoms in total. The lowest BCUT2D eigenvalue weighted by Crippen LogP contribution is -2.18. The van der Waals surface area contributed by atoms with Gasteiger partial charge in [-0.1, -0.05) is 70.7 Å². The Morgan fingerprint density at radius 2 is 1.59 bits per heavy atom. The normalized spacial score (nSPS) is 16.2. The van der Waals surface area contributed by atoms with Crippen molar-refractivity contribution in [2.45, 2.75) is 18.2 Å². The van der Waals surface area contributed by atoms with Gasteiger partial charge in [-0.3, -0.25) is 4.79 Å². The molecule has 1 atom stereocenters. The Labute approximate surface area is 189 Å². The Morgan fingerprint density at radius 1 is 1.00 bits per heavy atom. The predicted octanol–water partition coefficient (Wildman–Crippen LogP) is 6.31. The van der Waals surface area contributed by atoms with Crippen LogP contribution in [-0.4, -0.2) is 20.0 Å². The molecule has 2 aromatic carbocycles. The molecule has 0 fully saturated rings. The predicted molar refractivity (Wildman–Crippen MR) is 119 cm³/mol.